The highest BCUT2D eigenvalue weighted by atomic mass is 32.2. The summed E-state index contributed by atoms with van der Waals surface area (Å²) in [5.74, 6) is -1.03. The van der Waals surface area contributed by atoms with Crippen LogP contribution in [0, 0.1) is 0 Å². The Balaban J connectivity index is 1.90. The molecule has 1 aliphatic heterocycles. The summed E-state index contributed by atoms with van der Waals surface area (Å²) in [5.41, 5.74) is 1.68. The molecule has 0 saturated carbocycles. The van der Waals surface area contributed by atoms with E-state index in [1.807, 2.05) is 47.2 Å². The Morgan fingerprint density at radius 2 is 2.04 bits per heavy atom. The van der Waals surface area contributed by atoms with Crippen LogP contribution in [0.1, 0.15) is 5.69 Å². The quantitative estimate of drug-likeness (QED) is 0.583. The van der Waals surface area contributed by atoms with Crippen molar-refractivity contribution >= 4 is 46.3 Å². The zero-order valence-corrected chi connectivity index (χ0v) is 14.8. The summed E-state index contributed by atoms with van der Waals surface area (Å²) in [5, 5.41) is 10.8. The number of benzene rings is 1. The molecule has 0 radical (unpaired) electrons. The first-order valence-electron chi connectivity index (χ1n) is 7.26. The normalized spacial score (nSPS) is 15.9. The minimum absolute atomic E-state index is 0.211. The van der Waals surface area contributed by atoms with Gasteiger partial charge in [-0.2, -0.15) is 0 Å². The number of hydrogen-bond acceptors (Lipinski definition) is 6. The molecule has 0 spiro atoms. The van der Waals surface area contributed by atoms with E-state index in [9.17, 15) is 14.7 Å². The molecule has 1 amide bonds. The predicted octanol–water partition coefficient (Wildman–Crippen LogP) is 1.44. The van der Waals surface area contributed by atoms with Crippen molar-refractivity contribution in [2.75, 3.05) is 13.7 Å². The topological polar surface area (TPSA) is 74.6 Å². The van der Waals surface area contributed by atoms with Gasteiger partial charge in [-0.15, -0.1) is 0 Å². The number of hydrogen-bond donors (Lipinski definition) is 0. The van der Waals surface area contributed by atoms with Gasteiger partial charge in [-0.3, -0.25) is 9.69 Å². The highest BCUT2D eigenvalue weighted by molar-refractivity contribution is 8.26. The lowest BCUT2D eigenvalue weighted by atomic mass is 10.3. The van der Waals surface area contributed by atoms with Crippen molar-refractivity contribution in [3.05, 3.63) is 53.2 Å². The summed E-state index contributed by atoms with van der Waals surface area (Å²) in [7, 11) is 1.60. The molecule has 8 heteroatoms. The molecular formula is C17H13N2O4S2-. The van der Waals surface area contributed by atoms with E-state index < -0.39 is 18.4 Å². The minimum Gasteiger partial charge on any atom is -0.548 e. The summed E-state index contributed by atoms with van der Waals surface area (Å²) in [6, 6.07) is 11.2. The number of rotatable bonds is 5. The fourth-order valence-electron chi connectivity index (χ4n) is 2.39. The lowest BCUT2D eigenvalue weighted by molar-refractivity contribution is -0.305. The molecule has 128 valence electrons. The number of nitrogens with zero attached hydrogens (tertiary/aromatic N) is 2. The van der Waals surface area contributed by atoms with Gasteiger partial charge in [-0.05, 0) is 42.5 Å². The maximum Gasteiger partial charge on any atom is 0.266 e. The van der Waals surface area contributed by atoms with Gasteiger partial charge < -0.3 is 19.2 Å². The highest BCUT2D eigenvalue weighted by Crippen LogP contribution is 2.32. The summed E-state index contributed by atoms with van der Waals surface area (Å²) in [4.78, 5) is 24.5. The van der Waals surface area contributed by atoms with Crippen LogP contribution in [0.15, 0.2) is 47.5 Å². The van der Waals surface area contributed by atoms with Gasteiger partial charge in [0.2, 0.25) is 0 Å². The Morgan fingerprint density at radius 3 is 2.68 bits per heavy atom. The molecule has 1 aromatic heterocycles. The fourth-order valence-corrected chi connectivity index (χ4v) is 3.63. The number of carbonyl (C=O) groups excluding carboxylic acids is 2. The van der Waals surface area contributed by atoms with Crippen LogP contribution in [-0.2, 0) is 9.59 Å². The zero-order valence-electron chi connectivity index (χ0n) is 13.2. The second-order valence-electron chi connectivity index (χ2n) is 5.14. The Morgan fingerprint density at radius 1 is 1.32 bits per heavy atom. The molecule has 6 nitrogen and oxygen atoms in total. The standard InChI is InChI=1S/C17H14N2O4S2/c1-23-13-6-4-11(5-7-13)18-8-2-3-12(18)9-14-16(22)19(10-15(20)21)17(24)25-14/h2-9H,10H2,1H3,(H,20,21)/p-1/b14-9+. The second kappa shape index (κ2) is 7.12. The third-order valence-corrected chi connectivity index (χ3v) is 4.95. The third-order valence-electron chi connectivity index (χ3n) is 3.57. The Bertz CT molecular complexity index is 871. The maximum atomic E-state index is 12.3. The van der Waals surface area contributed by atoms with E-state index in [4.69, 9.17) is 17.0 Å². The van der Waals surface area contributed by atoms with E-state index in [1.165, 1.54) is 0 Å². The molecule has 3 rings (SSSR count). The Kier molecular flexibility index (Phi) is 4.91. The third kappa shape index (κ3) is 3.59. The number of ether oxygens (including phenoxy) is 1. The number of carboxylic acids is 1. The predicted molar refractivity (Wildman–Crippen MR) is 97.2 cm³/mol. The number of amides is 1. The van der Waals surface area contributed by atoms with Gasteiger partial charge >= 0.3 is 0 Å². The number of thiocarbonyl (C=S) groups is 1. The smallest absolute Gasteiger partial charge is 0.266 e. The van der Waals surface area contributed by atoms with E-state index in [-0.39, 0.29) is 4.32 Å². The van der Waals surface area contributed by atoms with Crippen LogP contribution in [0.3, 0.4) is 0 Å². The lowest BCUT2D eigenvalue weighted by Gasteiger charge is -2.14. The molecule has 25 heavy (non-hydrogen) atoms. The fraction of sp³-hybridized carbons (Fsp3) is 0.118. The SMILES string of the molecule is COc1ccc(-n2cccc2/C=C2/SC(=S)N(CC(=O)[O-])C2=O)cc1. The molecule has 2 heterocycles. The molecule has 0 atom stereocenters. The van der Waals surface area contributed by atoms with E-state index in [1.54, 1.807) is 13.2 Å². The van der Waals surface area contributed by atoms with Crippen LogP contribution in [0.2, 0.25) is 0 Å². The summed E-state index contributed by atoms with van der Waals surface area (Å²) in [6.45, 7) is -0.540. The monoisotopic (exact) mass is 373 g/mol. The van der Waals surface area contributed by atoms with Crippen LogP contribution in [-0.4, -0.2) is 39.3 Å². The summed E-state index contributed by atoms with van der Waals surface area (Å²) >= 11 is 6.15. The molecule has 2 aromatic rings. The molecule has 1 saturated heterocycles. The van der Waals surface area contributed by atoms with Gasteiger partial charge in [-0.1, -0.05) is 24.0 Å². The average molecular weight is 373 g/mol. The van der Waals surface area contributed by atoms with Crippen molar-refractivity contribution in [3.63, 3.8) is 0 Å². The van der Waals surface area contributed by atoms with Crippen molar-refractivity contribution in [2.24, 2.45) is 0 Å². The van der Waals surface area contributed by atoms with Crippen LogP contribution in [0.5, 0.6) is 5.75 Å². The molecule has 0 bridgehead atoms. The van der Waals surface area contributed by atoms with Gasteiger partial charge in [0.15, 0.2) is 0 Å². The molecule has 0 aliphatic carbocycles. The van der Waals surface area contributed by atoms with Crippen LogP contribution >= 0.6 is 24.0 Å². The van der Waals surface area contributed by atoms with Gasteiger partial charge in [0, 0.05) is 17.6 Å². The number of aromatic nitrogens is 1. The van der Waals surface area contributed by atoms with Gasteiger partial charge in [-0.25, -0.2) is 0 Å². The van der Waals surface area contributed by atoms with Crippen molar-refractivity contribution < 1.29 is 19.4 Å². The lowest BCUT2D eigenvalue weighted by Crippen LogP contribution is -2.40. The number of carboxylic acid groups (broad SMARTS) is 1. The van der Waals surface area contributed by atoms with Crippen molar-refractivity contribution in [1.82, 2.24) is 9.47 Å². The number of thioether (sulfide) groups is 1. The number of methoxy groups -OCH3 is 1. The van der Waals surface area contributed by atoms with Crippen LogP contribution in [0.25, 0.3) is 11.8 Å². The molecule has 0 unspecified atom stereocenters. The van der Waals surface area contributed by atoms with Crippen molar-refractivity contribution in [3.8, 4) is 11.4 Å². The minimum atomic E-state index is -1.35. The first-order chi connectivity index (χ1) is 12.0. The summed E-state index contributed by atoms with van der Waals surface area (Å²) in [6.07, 6.45) is 3.56. The zero-order chi connectivity index (χ0) is 18.0. The first kappa shape index (κ1) is 17.2. The largest absolute Gasteiger partial charge is 0.548 e. The maximum absolute atomic E-state index is 12.3. The molecule has 0 N–H and O–H groups in total. The van der Waals surface area contributed by atoms with Gasteiger partial charge in [0.25, 0.3) is 5.91 Å². The van der Waals surface area contributed by atoms with E-state index in [0.717, 1.165) is 33.8 Å². The van der Waals surface area contributed by atoms with Crippen LogP contribution in [0.4, 0.5) is 0 Å². The first-order valence-corrected chi connectivity index (χ1v) is 8.49. The Hall–Kier alpha value is -2.58. The molecule has 1 aromatic carbocycles. The summed E-state index contributed by atoms with van der Waals surface area (Å²) < 4.78 is 7.27. The molecular weight excluding hydrogens is 360 g/mol. The average Bonchev–Trinajstić information content (AvgIpc) is 3.15. The van der Waals surface area contributed by atoms with Crippen LogP contribution < -0.4 is 9.84 Å². The molecule has 1 fully saturated rings. The van der Waals surface area contributed by atoms with Crippen molar-refractivity contribution in [1.29, 1.82) is 0 Å². The molecule has 1 aliphatic rings. The van der Waals surface area contributed by atoms with Crippen molar-refractivity contribution in [2.45, 2.75) is 0 Å². The second-order valence-corrected chi connectivity index (χ2v) is 6.82. The van der Waals surface area contributed by atoms with Gasteiger partial charge in [0.1, 0.15) is 10.1 Å². The Labute approximate surface area is 153 Å². The highest BCUT2D eigenvalue weighted by Gasteiger charge is 2.32. The van der Waals surface area contributed by atoms with E-state index in [0.29, 0.717) is 4.91 Å². The number of carbonyl (C=O) groups is 2. The van der Waals surface area contributed by atoms with E-state index in [2.05, 4.69) is 0 Å². The van der Waals surface area contributed by atoms with Gasteiger partial charge in [0.05, 0.1) is 24.5 Å². The number of aliphatic carboxylic acids is 1. The van der Waals surface area contributed by atoms with E-state index >= 15 is 0 Å².